The molecule has 1 saturated heterocycles. The van der Waals surface area contributed by atoms with Crippen molar-refractivity contribution in [3.8, 4) is 0 Å². The Morgan fingerprint density at radius 1 is 1.37 bits per heavy atom. The normalized spacial score (nSPS) is 19.9. The topological polar surface area (TPSA) is 91.8 Å². The molecule has 1 amide bonds. The van der Waals surface area contributed by atoms with Crippen LogP contribution in [-0.2, 0) is 14.8 Å². The molecule has 1 aromatic carbocycles. The lowest BCUT2D eigenvalue weighted by Gasteiger charge is -2.42. The minimum atomic E-state index is -3.96. The van der Waals surface area contributed by atoms with Gasteiger partial charge in [-0.15, -0.1) is 0 Å². The predicted molar refractivity (Wildman–Crippen MR) is 63.8 cm³/mol. The van der Waals surface area contributed by atoms with Crippen LogP contribution < -0.4 is 4.31 Å². The summed E-state index contributed by atoms with van der Waals surface area (Å²) in [5.41, 5.74) is -0.791. The highest BCUT2D eigenvalue weighted by Crippen LogP contribution is 2.40. The molecule has 0 saturated carbocycles. The number of carbonyl (C=O) groups is 2. The van der Waals surface area contributed by atoms with E-state index in [9.17, 15) is 22.4 Å². The lowest BCUT2D eigenvalue weighted by Crippen LogP contribution is -2.67. The highest BCUT2D eigenvalue weighted by Gasteiger charge is 2.61. The van der Waals surface area contributed by atoms with Gasteiger partial charge in [0.25, 0.3) is 15.9 Å². The Morgan fingerprint density at radius 3 is 2.37 bits per heavy atom. The number of halogens is 1. The van der Waals surface area contributed by atoms with Crippen LogP contribution in [0.2, 0.25) is 0 Å². The second-order valence-electron chi connectivity index (χ2n) is 4.56. The largest absolute Gasteiger partial charge is 0.478 e. The van der Waals surface area contributed by atoms with Crippen LogP contribution in [0.5, 0.6) is 0 Å². The van der Waals surface area contributed by atoms with Gasteiger partial charge in [-0.1, -0.05) is 0 Å². The van der Waals surface area contributed by atoms with Gasteiger partial charge in [-0.05, 0) is 32.0 Å². The first-order chi connectivity index (χ1) is 8.60. The van der Waals surface area contributed by atoms with Gasteiger partial charge in [0.2, 0.25) is 0 Å². The lowest BCUT2D eigenvalue weighted by molar-refractivity contribution is -0.120. The van der Waals surface area contributed by atoms with Crippen molar-refractivity contribution in [2.75, 3.05) is 4.31 Å². The zero-order valence-electron chi connectivity index (χ0n) is 10.0. The number of carboxylic acid groups (broad SMARTS) is 1. The van der Waals surface area contributed by atoms with E-state index >= 15 is 0 Å². The monoisotopic (exact) mass is 287 g/mol. The fourth-order valence-electron chi connectivity index (χ4n) is 1.70. The van der Waals surface area contributed by atoms with Crippen LogP contribution in [-0.4, -0.2) is 30.1 Å². The van der Waals surface area contributed by atoms with E-state index in [1.807, 2.05) is 0 Å². The molecule has 0 bridgehead atoms. The van der Waals surface area contributed by atoms with Crippen molar-refractivity contribution in [3.05, 3.63) is 29.6 Å². The third kappa shape index (κ3) is 1.63. The molecule has 1 aromatic rings. The SMILES string of the molecule is CC1(C)C(=O)N(c2ccc(C(=O)O)cc2F)S1(=O)=O. The van der Waals surface area contributed by atoms with Gasteiger partial charge in [0, 0.05) is 0 Å². The Kier molecular flexibility index (Phi) is 2.67. The Hall–Kier alpha value is -1.96. The van der Waals surface area contributed by atoms with Crippen LogP contribution >= 0.6 is 0 Å². The second-order valence-corrected chi connectivity index (χ2v) is 6.89. The van der Waals surface area contributed by atoms with E-state index in [1.54, 1.807) is 0 Å². The molecule has 0 atom stereocenters. The lowest BCUT2D eigenvalue weighted by atomic mass is 10.1. The van der Waals surface area contributed by atoms with Crippen molar-refractivity contribution in [2.24, 2.45) is 0 Å². The van der Waals surface area contributed by atoms with Crippen molar-refractivity contribution in [3.63, 3.8) is 0 Å². The summed E-state index contributed by atoms with van der Waals surface area (Å²) in [6.45, 7) is 2.45. The van der Waals surface area contributed by atoms with Crippen LogP contribution in [0.15, 0.2) is 18.2 Å². The number of carboxylic acids is 1. The third-order valence-electron chi connectivity index (χ3n) is 3.00. The van der Waals surface area contributed by atoms with Crippen molar-refractivity contribution in [2.45, 2.75) is 18.6 Å². The zero-order valence-corrected chi connectivity index (χ0v) is 10.9. The van der Waals surface area contributed by atoms with Crippen molar-refractivity contribution >= 4 is 27.6 Å². The molecule has 1 fully saturated rings. The highest BCUT2D eigenvalue weighted by molar-refractivity contribution is 7.98. The smallest absolute Gasteiger partial charge is 0.335 e. The van der Waals surface area contributed by atoms with Crippen LogP contribution in [0.1, 0.15) is 24.2 Å². The molecule has 1 N–H and O–H groups in total. The number of carbonyl (C=O) groups excluding carboxylic acids is 1. The standard InChI is InChI=1S/C11H10FNO5S/c1-11(2)10(16)13(19(11,17)18)8-4-3-6(9(14)15)5-7(8)12/h3-5H,1-2H3,(H,14,15). The molecule has 1 heterocycles. The van der Waals surface area contributed by atoms with Crippen LogP contribution in [0.25, 0.3) is 0 Å². The zero-order chi connectivity index (χ0) is 14.6. The summed E-state index contributed by atoms with van der Waals surface area (Å²) in [4.78, 5) is 22.4. The number of hydrogen-bond acceptors (Lipinski definition) is 4. The number of amides is 1. The van der Waals surface area contributed by atoms with E-state index in [-0.39, 0.29) is 5.56 Å². The number of aromatic carboxylic acids is 1. The minimum absolute atomic E-state index is 0.328. The molecular weight excluding hydrogens is 277 g/mol. The first kappa shape index (κ1) is 13.5. The van der Waals surface area contributed by atoms with Gasteiger partial charge in [0.1, 0.15) is 5.82 Å². The van der Waals surface area contributed by atoms with E-state index in [1.165, 1.54) is 13.8 Å². The molecule has 6 nitrogen and oxygen atoms in total. The van der Waals surface area contributed by atoms with Crippen molar-refractivity contribution in [1.29, 1.82) is 0 Å². The van der Waals surface area contributed by atoms with Crippen LogP contribution in [0.3, 0.4) is 0 Å². The molecule has 19 heavy (non-hydrogen) atoms. The Bertz CT molecular complexity index is 695. The number of benzene rings is 1. The van der Waals surface area contributed by atoms with E-state index in [4.69, 9.17) is 5.11 Å². The molecule has 0 aromatic heterocycles. The number of sulfonamides is 1. The fourth-order valence-corrected chi connectivity index (χ4v) is 3.19. The summed E-state index contributed by atoms with van der Waals surface area (Å²) in [5, 5.41) is 8.68. The van der Waals surface area contributed by atoms with E-state index < -0.39 is 38.2 Å². The van der Waals surface area contributed by atoms with Gasteiger partial charge in [-0.3, -0.25) is 4.79 Å². The predicted octanol–water partition coefficient (Wildman–Crippen LogP) is 0.979. The third-order valence-corrected chi connectivity index (χ3v) is 5.31. The minimum Gasteiger partial charge on any atom is -0.478 e. The van der Waals surface area contributed by atoms with Crippen LogP contribution in [0, 0.1) is 5.82 Å². The second kappa shape index (κ2) is 3.77. The van der Waals surface area contributed by atoms with Gasteiger partial charge in [-0.25, -0.2) is 21.9 Å². The van der Waals surface area contributed by atoms with Gasteiger partial charge in [0.05, 0.1) is 11.3 Å². The summed E-state index contributed by atoms with van der Waals surface area (Å²) in [7, 11) is -3.96. The van der Waals surface area contributed by atoms with Gasteiger partial charge < -0.3 is 5.11 Å². The summed E-state index contributed by atoms with van der Waals surface area (Å²) in [5.74, 6) is -3.18. The summed E-state index contributed by atoms with van der Waals surface area (Å²) in [6.07, 6.45) is 0. The number of hydrogen-bond donors (Lipinski definition) is 1. The molecular formula is C11H10FNO5S. The number of nitrogens with zero attached hydrogens (tertiary/aromatic N) is 1. The Labute approximate surface area is 108 Å². The maximum atomic E-state index is 13.7. The Morgan fingerprint density at radius 2 is 1.95 bits per heavy atom. The Balaban J connectivity index is 2.51. The molecule has 1 aliphatic heterocycles. The molecule has 1 aliphatic rings. The molecule has 0 aliphatic carbocycles. The van der Waals surface area contributed by atoms with E-state index in [2.05, 4.69) is 0 Å². The summed E-state index contributed by atoms with van der Waals surface area (Å²) < 4.78 is 36.2. The highest BCUT2D eigenvalue weighted by atomic mass is 32.2. The van der Waals surface area contributed by atoms with Crippen molar-refractivity contribution < 1.29 is 27.5 Å². The summed E-state index contributed by atoms with van der Waals surface area (Å²) in [6, 6.07) is 2.67. The molecule has 2 rings (SSSR count). The first-order valence-corrected chi connectivity index (χ1v) is 6.67. The van der Waals surface area contributed by atoms with Gasteiger partial charge >= 0.3 is 5.97 Å². The van der Waals surface area contributed by atoms with Gasteiger partial charge in [0.15, 0.2) is 4.75 Å². The fraction of sp³-hybridized carbons (Fsp3) is 0.273. The van der Waals surface area contributed by atoms with E-state index in [0.717, 1.165) is 12.1 Å². The first-order valence-electron chi connectivity index (χ1n) is 5.23. The van der Waals surface area contributed by atoms with Crippen molar-refractivity contribution in [1.82, 2.24) is 0 Å². The average Bonchev–Trinajstić information content (AvgIpc) is 2.30. The molecule has 102 valence electrons. The number of rotatable bonds is 2. The molecule has 0 radical (unpaired) electrons. The van der Waals surface area contributed by atoms with E-state index in [0.29, 0.717) is 10.4 Å². The maximum absolute atomic E-state index is 13.7. The number of anilines is 1. The average molecular weight is 287 g/mol. The molecule has 0 spiro atoms. The quantitative estimate of drug-likeness (QED) is 0.875. The maximum Gasteiger partial charge on any atom is 0.335 e. The molecule has 8 heteroatoms. The molecule has 0 unspecified atom stereocenters. The van der Waals surface area contributed by atoms with Gasteiger partial charge in [-0.2, -0.15) is 0 Å². The summed E-state index contributed by atoms with van der Waals surface area (Å²) >= 11 is 0. The van der Waals surface area contributed by atoms with Crippen LogP contribution in [0.4, 0.5) is 10.1 Å².